The minimum atomic E-state index is -1.73. The Morgan fingerprint density at radius 1 is 1.05 bits per heavy atom. The van der Waals surface area contributed by atoms with Crippen LogP contribution in [0.5, 0.6) is 0 Å². The van der Waals surface area contributed by atoms with Gasteiger partial charge in [0.1, 0.15) is 0 Å². The van der Waals surface area contributed by atoms with Crippen molar-refractivity contribution in [3.8, 4) is 0 Å². The molecule has 0 aromatic heterocycles. The van der Waals surface area contributed by atoms with Gasteiger partial charge in [-0.2, -0.15) is 0 Å². The highest BCUT2D eigenvalue weighted by atomic mass is 28.3. The minimum Gasteiger partial charge on any atom is -0.393 e. The zero-order valence-electron chi connectivity index (χ0n) is 12.8. The van der Waals surface area contributed by atoms with E-state index in [9.17, 15) is 9.59 Å². The van der Waals surface area contributed by atoms with Crippen molar-refractivity contribution in [3.63, 3.8) is 0 Å². The zero-order chi connectivity index (χ0) is 15.4. The summed E-state index contributed by atoms with van der Waals surface area (Å²) in [6.45, 7) is 9.84. The number of rotatable bonds is 8. The lowest BCUT2D eigenvalue weighted by Gasteiger charge is -2.12. The molecule has 0 aliphatic carbocycles. The Morgan fingerprint density at radius 2 is 1.55 bits per heavy atom. The van der Waals surface area contributed by atoms with Crippen LogP contribution >= 0.6 is 0 Å². The predicted molar refractivity (Wildman–Crippen MR) is 76.1 cm³/mol. The van der Waals surface area contributed by atoms with Gasteiger partial charge in [-0.25, -0.2) is 0 Å². The Morgan fingerprint density at radius 3 is 1.85 bits per heavy atom. The minimum absolute atomic E-state index is 0.155. The van der Waals surface area contributed by atoms with E-state index in [1.807, 2.05) is 27.7 Å². The molecule has 1 fully saturated rings. The van der Waals surface area contributed by atoms with E-state index in [2.05, 4.69) is 4.74 Å². The van der Waals surface area contributed by atoms with Crippen LogP contribution in [-0.4, -0.2) is 41.3 Å². The normalized spacial score (nSPS) is 17.9. The van der Waals surface area contributed by atoms with E-state index < -0.39 is 9.53 Å². The second-order valence-corrected chi connectivity index (χ2v) is 5.71. The third kappa shape index (κ3) is 8.42. The molecule has 0 radical (unpaired) electrons. The van der Waals surface area contributed by atoms with Gasteiger partial charge in [0.05, 0.1) is 12.3 Å². The maximum Gasteiger partial charge on any atom is 0.484 e. The molecule has 0 N–H and O–H groups in total. The Kier molecular flexibility index (Phi) is 11.6. The van der Waals surface area contributed by atoms with Crippen LogP contribution in [0.15, 0.2) is 0 Å². The first kappa shape index (κ1) is 19.2. The first-order valence-electron chi connectivity index (χ1n) is 7.18. The fraction of sp³-hybridized carbons (Fsp3) is 0.846. The number of carbonyl (C=O) groups excluding carboxylic acids is 2. The summed E-state index contributed by atoms with van der Waals surface area (Å²) in [5.74, 6) is -0.868. The van der Waals surface area contributed by atoms with Gasteiger partial charge in [-0.3, -0.25) is 9.59 Å². The molecule has 0 spiro atoms. The second kappa shape index (κ2) is 12.0. The highest BCUT2D eigenvalue weighted by molar-refractivity contribution is 6.36. The van der Waals surface area contributed by atoms with Gasteiger partial charge in [-0.05, 0) is 27.2 Å². The fourth-order valence-electron chi connectivity index (χ4n) is 1.64. The molecule has 20 heavy (non-hydrogen) atoms. The maximum atomic E-state index is 10.7. The molecule has 6 nitrogen and oxygen atoms in total. The molecular formula is C13H26O6Si. The summed E-state index contributed by atoms with van der Waals surface area (Å²) in [5, 5.41) is 0. The van der Waals surface area contributed by atoms with Crippen molar-refractivity contribution in [1.29, 1.82) is 0 Å². The van der Waals surface area contributed by atoms with Crippen LogP contribution in [0.1, 0.15) is 47.0 Å². The standard InChI is InChI=1S/C7H10O3.C6H16O3Si/c1-2-3-5-4-6(8)10-7(5)9;1-4-7-10(8-5-2)9-6-3/h5H,2-4H2,1H3;10H,4-6H2,1-3H3. The molecule has 0 aromatic rings. The topological polar surface area (TPSA) is 71.1 Å². The summed E-state index contributed by atoms with van der Waals surface area (Å²) in [4.78, 5) is 21.2. The quantitative estimate of drug-likeness (QED) is 0.386. The van der Waals surface area contributed by atoms with Crippen LogP contribution in [-0.2, 0) is 27.6 Å². The first-order valence-corrected chi connectivity index (χ1v) is 8.59. The molecular weight excluding hydrogens is 280 g/mol. The van der Waals surface area contributed by atoms with E-state index in [1.54, 1.807) is 0 Å². The van der Waals surface area contributed by atoms with Crippen LogP contribution in [0.3, 0.4) is 0 Å². The Labute approximate surface area is 122 Å². The van der Waals surface area contributed by atoms with Crippen LogP contribution < -0.4 is 0 Å². The average Bonchev–Trinajstić information content (AvgIpc) is 2.70. The van der Waals surface area contributed by atoms with E-state index in [-0.39, 0.29) is 24.3 Å². The van der Waals surface area contributed by atoms with E-state index >= 15 is 0 Å². The molecule has 1 aliphatic rings. The summed E-state index contributed by atoms with van der Waals surface area (Å²) in [7, 11) is -1.73. The largest absolute Gasteiger partial charge is 0.484 e. The van der Waals surface area contributed by atoms with Crippen molar-refractivity contribution < 1.29 is 27.6 Å². The Hall–Kier alpha value is -0.763. The van der Waals surface area contributed by atoms with Crippen molar-refractivity contribution in [2.24, 2.45) is 5.92 Å². The lowest BCUT2D eigenvalue weighted by molar-refractivity contribution is -0.153. The molecule has 1 heterocycles. The van der Waals surface area contributed by atoms with Gasteiger partial charge >= 0.3 is 21.5 Å². The molecule has 1 atom stereocenters. The number of cyclic esters (lactones) is 2. The SMILES string of the molecule is CCCC1CC(=O)OC1=O.CCO[SiH](OCC)OCC. The van der Waals surface area contributed by atoms with E-state index in [0.717, 1.165) is 12.8 Å². The lowest BCUT2D eigenvalue weighted by atomic mass is 10.0. The molecule has 0 saturated carbocycles. The number of carbonyl (C=O) groups is 2. The highest BCUT2D eigenvalue weighted by Crippen LogP contribution is 2.20. The number of hydrogen-bond acceptors (Lipinski definition) is 6. The smallest absolute Gasteiger partial charge is 0.393 e. The summed E-state index contributed by atoms with van der Waals surface area (Å²) in [6.07, 6.45) is 1.98. The third-order valence-electron chi connectivity index (χ3n) is 2.51. The van der Waals surface area contributed by atoms with Crippen molar-refractivity contribution in [1.82, 2.24) is 0 Å². The van der Waals surface area contributed by atoms with Crippen molar-refractivity contribution in [2.75, 3.05) is 19.8 Å². The summed E-state index contributed by atoms with van der Waals surface area (Å²) in [6, 6.07) is 0. The Balaban J connectivity index is 0.000000361. The number of hydrogen-bond donors (Lipinski definition) is 0. The molecule has 1 aliphatic heterocycles. The lowest BCUT2D eigenvalue weighted by Crippen LogP contribution is -2.27. The van der Waals surface area contributed by atoms with Crippen LogP contribution in [0.2, 0.25) is 0 Å². The molecule has 0 amide bonds. The average molecular weight is 306 g/mol. The summed E-state index contributed by atoms with van der Waals surface area (Å²) >= 11 is 0. The number of ether oxygens (including phenoxy) is 1. The molecule has 118 valence electrons. The second-order valence-electron chi connectivity index (χ2n) is 4.14. The van der Waals surface area contributed by atoms with Gasteiger partial charge in [-0.15, -0.1) is 0 Å². The molecule has 0 bridgehead atoms. The summed E-state index contributed by atoms with van der Waals surface area (Å²) < 4.78 is 20.0. The molecule has 1 saturated heterocycles. The Bertz CT molecular complexity index is 270. The summed E-state index contributed by atoms with van der Waals surface area (Å²) in [5.41, 5.74) is 0. The van der Waals surface area contributed by atoms with Gasteiger partial charge in [0.15, 0.2) is 0 Å². The van der Waals surface area contributed by atoms with Gasteiger partial charge < -0.3 is 18.0 Å². The highest BCUT2D eigenvalue weighted by Gasteiger charge is 2.32. The first-order chi connectivity index (χ1) is 9.58. The number of esters is 2. The van der Waals surface area contributed by atoms with Gasteiger partial charge in [0.25, 0.3) is 0 Å². The van der Waals surface area contributed by atoms with Crippen molar-refractivity contribution >= 4 is 21.5 Å². The molecule has 1 rings (SSSR count). The van der Waals surface area contributed by atoms with Crippen molar-refractivity contribution in [3.05, 3.63) is 0 Å². The van der Waals surface area contributed by atoms with E-state index in [1.165, 1.54) is 0 Å². The maximum absolute atomic E-state index is 10.7. The van der Waals surface area contributed by atoms with Gasteiger partial charge in [0.2, 0.25) is 0 Å². The predicted octanol–water partition coefficient (Wildman–Crippen LogP) is 1.69. The van der Waals surface area contributed by atoms with E-state index in [4.69, 9.17) is 13.3 Å². The monoisotopic (exact) mass is 306 g/mol. The van der Waals surface area contributed by atoms with E-state index in [0.29, 0.717) is 19.8 Å². The third-order valence-corrected chi connectivity index (χ3v) is 4.32. The molecule has 0 aromatic carbocycles. The molecule has 7 heteroatoms. The van der Waals surface area contributed by atoms with Crippen LogP contribution in [0.4, 0.5) is 0 Å². The van der Waals surface area contributed by atoms with Crippen molar-refractivity contribution in [2.45, 2.75) is 47.0 Å². The van der Waals surface area contributed by atoms with Crippen LogP contribution in [0, 0.1) is 5.92 Å². The fourth-order valence-corrected chi connectivity index (χ4v) is 2.75. The molecule has 1 unspecified atom stereocenters. The van der Waals surface area contributed by atoms with Gasteiger partial charge in [-0.1, -0.05) is 13.3 Å². The van der Waals surface area contributed by atoms with Crippen LogP contribution in [0.25, 0.3) is 0 Å². The van der Waals surface area contributed by atoms with Gasteiger partial charge in [0, 0.05) is 19.8 Å². The zero-order valence-corrected chi connectivity index (χ0v) is 14.0.